The van der Waals surface area contributed by atoms with E-state index in [1.165, 1.54) is 12.2 Å². The number of rotatable bonds is 2. The lowest BCUT2D eigenvalue weighted by atomic mass is 10.1. The van der Waals surface area contributed by atoms with E-state index in [2.05, 4.69) is 0 Å². The van der Waals surface area contributed by atoms with Crippen molar-refractivity contribution in [3.8, 4) is 0 Å². The monoisotopic (exact) mass is 222 g/mol. The lowest BCUT2D eigenvalue weighted by Gasteiger charge is -2.05. The molecule has 0 bridgehead atoms. The van der Waals surface area contributed by atoms with Gasteiger partial charge in [0.25, 0.3) is 0 Å². The molecule has 0 fully saturated rings. The highest BCUT2D eigenvalue weighted by atomic mass is 19.2. The van der Waals surface area contributed by atoms with Gasteiger partial charge in [-0.2, -0.15) is 0 Å². The third-order valence-corrected chi connectivity index (χ3v) is 1.86. The molecule has 0 aromatic heterocycles. The molecule has 82 valence electrons. The van der Waals surface area contributed by atoms with Crippen LogP contribution in [0.2, 0.25) is 0 Å². The molecule has 0 N–H and O–H groups in total. The number of halogens is 5. The predicted molar refractivity (Wildman–Crippen MR) is 44.8 cm³/mol. The van der Waals surface area contributed by atoms with Crippen molar-refractivity contribution in [1.82, 2.24) is 0 Å². The number of benzene rings is 1. The van der Waals surface area contributed by atoms with Crippen LogP contribution in [-0.4, -0.2) is 0 Å². The molecule has 0 aliphatic carbocycles. The van der Waals surface area contributed by atoms with Gasteiger partial charge in [-0.05, 0) is 13.3 Å². The first-order chi connectivity index (χ1) is 7.00. The molecular weight excluding hydrogens is 215 g/mol. The molecule has 0 aliphatic heterocycles. The zero-order valence-electron chi connectivity index (χ0n) is 7.75. The fourth-order valence-corrected chi connectivity index (χ4v) is 1.07. The minimum atomic E-state index is -2.13. The molecule has 0 aliphatic rings. The van der Waals surface area contributed by atoms with Gasteiger partial charge in [0.2, 0.25) is 5.82 Å². The number of hydrogen-bond acceptors (Lipinski definition) is 0. The second kappa shape index (κ2) is 4.42. The molecule has 0 spiro atoms. The Kier molecular flexibility index (Phi) is 3.44. The average molecular weight is 222 g/mol. The normalized spacial score (nSPS) is 11.3. The van der Waals surface area contributed by atoms with Gasteiger partial charge in [0.15, 0.2) is 23.3 Å². The summed E-state index contributed by atoms with van der Waals surface area (Å²) in [6.45, 7) is 1.58. The zero-order chi connectivity index (χ0) is 11.6. The third kappa shape index (κ3) is 2.00. The van der Waals surface area contributed by atoms with Crippen molar-refractivity contribution in [1.29, 1.82) is 0 Å². The molecule has 0 unspecified atom stereocenters. The Hall–Kier alpha value is -1.39. The Balaban J connectivity index is 3.38. The molecule has 5 heteroatoms. The van der Waals surface area contributed by atoms with Gasteiger partial charge in [0, 0.05) is 5.56 Å². The lowest BCUT2D eigenvalue weighted by molar-refractivity contribution is 0.371. The Labute approximate surface area is 83.0 Å². The fraction of sp³-hybridized carbons (Fsp3) is 0.200. The van der Waals surface area contributed by atoms with Gasteiger partial charge in [-0.1, -0.05) is 12.2 Å². The summed E-state index contributed by atoms with van der Waals surface area (Å²) in [4.78, 5) is 0. The quantitative estimate of drug-likeness (QED) is 0.311. The maximum Gasteiger partial charge on any atom is 0.200 e. The maximum absolute atomic E-state index is 13.0. The van der Waals surface area contributed by atoms with Crippen LogP contribution in [0.5, 0.6) is 0 Å². The largest absolute Gasteiger partial charge is 0.203 e. The van der Waals surface area contributed by atoms with E-state index in [1.807, 2.05) is 0 Å². The van der Waals surface area contributed by atoms with Gasteiger partial charge < -0.3 is 0 Å². The van der Waals surface area contributed by atoms with Crippen LogP contribution in [0.4, 0.5) is 22.0 Å². The van der Waals surface area contributed by atoms with Crippen molar-refractivity contribution in [2.75, 3.05) is 0 Å². The molecule has 1 aromatic carbocycles. The number of allylic oxidation sites excluding steroid dienone is 2. The Morgan fingerprint density at radius 3 is 1.60 bits per heavy atom. The summed E-state index contributed by atoms with van der Waals surface area (Å²) >= 11 is 0. The first-order valence-electron chi connectivity index (χ1n) is 4.12. The standard InChI is InChI=1S/C10H7F5/c1-2-3-4-5-6(11)8(13)10(15)9(14)7(5)12/h2-3H,4H2,1H3/b3-2+. The first kappa shape index (κ1) is 11.7. The van der Waals surface area contributed by atoms with Crippen LogP contribution in [0.15, 0.2) is 12.2 Å². The van der Waals surface area contributed by atoms with Crippen LogP contribution in [0.25, 0.3) is 0 Å². The second-order valence-electron chi connectivity index (χ2n) is 2.82. The van der Waals surface area contributed by atoms with E-state index in [0.717, 1.165) is 0 Å². The predicted octanol–water partition coefficient (Wildman–Crippen LogP) is 3.50. The summed E-state index contributed by atoms with van der Waals surface area (Å²) in [6.07, 6.45) is 2.43. The SMILES string of the molecule is C/C=C/Cc1c(F)c(F)c(F)c(F)c1F. The van der Waals surface area contributed by atoms with Crippen molar-refractivity contribution >= 4 is 0 Å². The van der Waals surface area contributed by atoms with Gasteiger partial charge >= 0.3 is 0 Å². The Morgan fingerprint density at radius 1 is 0.800 bits per heavy atom. The van der Waals surface area contributed by atoms with Crippen molar-refractivity contribution in [3.63, 3.8) is 0 Å². The van der Waals surface area contributed by atoms with Crippen LogP contribution in [0.1, 0.15) is 12.5 Å². The van der Waals surface area contributed by atoms with Gasteiger partial charge in [-0.25, -0.2) is 22.0 Å². The lowest BCUT2D eigenvalue weighted by Crippen LogP contribution is -2.06. The van der Waals surface area contributed by atoms with Crippen LogP contribution in [0, 0.1) is 29.1 Å². The molecule has 1 rings (SSSR count). The van der Waals surface area contributed by atoms with Gasteiger partial charge in [-0.3, -0.25) is 0 Å². The molecule has 0 saturated carbocycles. The highest BCUT2D eigenvalue weighted by Crippen LogP contribution is 2.23. The minimum Gasteiger partial charge on any atom is -0.203 e. The van der Waals surface area contributed by atoms with Gasteiger partial charge in [0.1, 0.15) is 0 Å². The van der Waals surface area contributed by atoms with Crippen molar-refractivity contribution in [2.24, 2.45) is 0 Å². The average Bonchev–Trinajstić information content (AvgIpc) is 2.24. The molecule has 0 nitrogen and oxygen atoms in total. The van der Waals surface area contributed by atoms with Crippen molar-refractivity contribution in [3.05, 3.63) is 46.8 Å². The van der Waals surface area contributed by atoms with Gasteiger partial charge in [-0.15, -0.1) is 0 Å². The molecule has 0 amide bonds. The summed E-state index contributed by atoms with van der Waals surface area (Å²) in [5.41, 5.74) is -0.815. The van der Waals surface area contributed by atoms with E-state index >= 15 is 0 Å². The van der Waals surface area contributed by atoms with E-state index in [4.69, 9.17) is 0 Å². The van der Waals surface area contributed by atoms with E-state index < -0.39 is 34.6 Å². The second-order valence-corrected chi connectivity index (χ2v) is 2.82. The highest BCUT2D eigenvalue weighted by Gasteiger charge is 2.24. The zero-order valence-corrected chi connectivity index (χ0v) is 7.75. The third-order valence-electron chi connectivity index (χ3n) is 1.86. The highest BCUT2D eigenvalue weighted by molar-refractivity contribution is 5.25. The first-order valence-corrected chi connectivity index (χ1v) is 4.12. The summed E-state index contributed by atoms with van der Waals surface area (Å²) in [5.74, 6) is -9.50. The molecule has 0 radical (unpaired) electrons. The summed E-state index contributed by atoms with van der Waals surface area (Å²) in [5, 5.41) is 0. The topological polar surface area (TPSA) is 0 Å². The van der Waals surface area contributed by atoms with Gasteiger partial charge in [0.05, 0.1) is 0 Å². The number of hydrogen-bond donors (Lipinski definition) is 0. The molecule has 15 heavy (non-hydrogen) atoms. The Morgan fingerprint density at radius 2 is 1.20 bits per heavy atom. The van der Waals surface area contributed by atoms with Crippen molar-refractivity contribution < 1.29 is 22.0 Å². The van der Waals surface area contributed by atoms with E-state index in [0.29, 0.717) is 0 Å². The molecule has 0 saturated heterocycles. The van der Waals surface area contributed by atoms with Crippen LogP contribution in [-0.2, 0) is 6.42 Å². The van der Waals surface area contributed by atoms with Crippen LogP contribution < -0.4 is 0 Å². The van der Waals surface area contributed by atoms with E-state index in [-0.39, 0.29) is 6.42 Å². The maximum atomic E-state index is 13.0. The minimum absolute atomic E-state index is 0.331. The fourth-order valence-electron chi connectivity index (χ4n) is 1.07. The molecule has 1 aromatic rings. The molecule has 0 heterocycles. The summed E-state index contributed by atoms with van der Waals surface area (Å²) in [7, 11) is 0. The van der Waals surface area contributed by atoms with E-state index in [1.54, 1.807) is 6.92 Å². The van der Waals surface area contributed by atoms with Crippen LogP contribution >= 0.6 is 0 Å². The molecule has 0 atom stereocenters. The van der Waals surface area contributed by atoms with Crippen molar-refractivity contribution in [2.45, 2.75) is 13.3 Å². The van der Waals surface area contributed by atoms with E-state index in [9.17, 15) is 22.0 Å². The molecular formula is C10H7F5. The Bertz CT molecular complexity index is 380. The smallest absolute Gasteiger partial charge is 0.200 e. The summed E-state index contributed by atoms with van der Waals surface area (Å²) < 4.78 is 63.8. The summed E-state index contributed by atoms with van der Waals surface area (Å²) in [6, 6.07) is 0. The van der Waals surface area contributed by atoms with Crippen LogP contribution in [0.3, 0.4) is 0 Å².